The third-order valence-corrected chi connectivity index (χ3v) is 10.8. The first kappa shape index (κ1) is 36.8. The maximum Gasteiger partial charge on any atom is 0.254 e. The third-order valence-electron chi connectivity index (χ3n) is 10.8. The van der Waals surface area contributed by atoms with Gasteiger partial charge >= 0.3 is 0 Å². The molecule has 14 heteroatoms. The molecular weight excluding hydrogens is 660 g/mol. The van der Waals surface area contributed by atoms with Crippen LogP contribution >= 0.6 is 0 Å². The van der Waals surface area contributed by atoms with Gasteiger partial charge in [0.2, 0.25) is 17.8 Å². The van der Waals surface area contributed by atoms with E-state index in [9.17, 15) is 14.4 Å². The normalized spacial score (nSPS) is 19.5. The van der Waals surface area contributed by atoms with Gasteiger partial charge in [0.25, 0.3) is 11.8 Å². The van der Waals surface area contributed by atoms with Gasteiger partial charge in [-0.2, -0.15) is 4.98 Å². The fourth-order valence-corrected chi connectivity index (χ4v) is 8.58. The number of methoxy groups -OCH3 is 1. The first-order valence-corrected chi connectivity index (χ1v) is 18.2. The summed E-state index contributed by atoms with van der Waals surface area (Å²) >= 11 is 0. The van der Waals surface area contributed by atoms with Gasteiger partial charge in [-0.3, -0.25) is 14.4 Å². The zero-order chi connectivity index (χ0) is 37.4. The standard InChI is InChI=1S/C38H52N10O4/c1-9-27-33(51)47(7)28-21-40-35(44-30(28)48(27)25-12-10-11-13-25)43-26-15-14-23(18-29(26)52-8)31(49)39-16-17-46(6)36-41-19-24(20-42-36)32(50)45-34-37(2,3)22-38(34,4)5/h14-15,18-21,25,27,34H,9-13,16-17,22H2,1-8H3,(H,39,49)(H,45,50)(H,40,43,44). The largest absolute Gasteiger partial charge is 0.495 e. The summed E-state index contributed by atoms with van der Waals surface area (Å²) in [6.45, 7) is 11.5. The number of hydrogen-bond acceptors (Lipinski definition) is 11. The van der Waals surface area contributed by atoms with Crippen LogP contribution in [0.5, 0.6) is 5.75 Å². The van der Waals surface area contributed by atoms with Crippen LogP contribution in [0, 0.1) is 10.8 Å². The molecule has 6 rings (SSSR count). The zero-order valence-electron chi connectivity index (χ0n) is 31.6. The number of likely N-dealkylation sites (N-methyl/N-ethyl adjacent to an activating group) is 2. The molecule has 14 nitrogen and oxygen atoms in total. The van der Waals surface area contributed by atoms with E-state index in [0.717, 1.165) is 37.9 Å². The minimum Gasteiger partial charge on any atom is -0.495 e. The van der Waals surface area contributed by atoms with Crippen LogP contribution in [0.1, 0.15) is 93.9 Å². The number of anilines is 5. The van der Waals surface area contributed by atoms with E-state index in [1.807, 2.05) is 18.9 Å². The highest BCUT2D eigenvalue weighted by Gasteiger charge is 2.53. The highest BCUT2D eigenvalue weighted by molar-refractivity contribution is 6.04. The summed E-state index contributed by atoms with van der Waals surface area (Å²) in [5, 5.41) is 9.37. The second-order valence-electron chi connectivity index (χ2n) is 15.6. The number of nitrogens with one attached hydrogen (secondary N) is 3. The first-order valence-electron chi connectivity index (χ1n) is 18.2. The molecule has 3 aliphatic rings. The van der Waals surface area contributed by atoms with E-state index in [2.05, 4.69) is 63.5 Å². The van der Waals surface area contributed by atoms with Gasteiger partial charge in [-0.25, -0.2) is 15.0 Å². The molecular formula is C38H52N10O4. The van der Waals surface area contributed by atoms with Crippen molar-refractivity contribution in [1.82, 2.24) is 30.6 Å². The molecule has 1 aliphatic heterocycles. The number of carbonyl (C=O) groups is 3. The van der Waals surface area contributed by atoms with Crippen molar-refractivity contribution < 1.29 is 19.1 Å². The SMILES string of the molecule is CCC1C(=O)N(C)c2cnc(Nc3ccc(C(=O)NCCN(C)c4ncc(C(=O)NC5C(C)(C)CC5(C)C)cn4)cc3OC)nc2N1C1CCCC1. The molecule has 2 fully saturated rings. The van der Waals surface area contributed by atoms with Crippen LogP contribution in [0.15, 0.2) is 36.8 Å². The average molecular weight is 713 g/mol. The Balaban J connectivity index is 1.06. The van der Waals surface area contributed by atoms with Crippen molar-refractivity contribution in [3.05, 3.63) is 47.9 Å². The molecule has 3 heterocycles. The van der Waals surface area contributed by atoms with Crippen LogP contribution in [0.4, 0.5) is 29.1 Å². The van der Waals surface area contributed by atoms with Crippen molar-refractivity contribution in [2.45, 2.75) is 91.3 Å². The number of aromatic nitrogens is 4. The molecule has 1 atom stereocenters. The summed E-state index contributed by atoms with van der Waals surface area (Å²) in [6.07, 6.45) is 10.9. The lowest BCUT2D eigenvalue weighted by molar-refractivity contribution is -0.120. The van der Waals surface area contributed by atoms with Crippen molar-refractivity contribution in [3.8, 4) is 5.75 Å². The first-order chi connectivity index (χ1) is 24.7. The number of hydrogen-bond donors (Lipinski definition) is 3. The molecule has 2 saturated carbocycles. The predicted octanol–water partition coefficient (Wildman–Crippen LogP) is 4.94. The summed E-state index contributed by atoms with van der Waals surface area (Å²) in [4.78, 5) is 63.2. The summed E-state index contributed by atoms with van der Waals surface area (Å²) in [6, 6.07) is 5.22. The summed E-state index contributed by atoms with van der Waals surface area (Å²) < 4.78 is 5.65. The van der Waals surface area contributed by atoms with Crippen molar-refractivity contribution in [2.24, 2.45) is 10.8 Å². The Kier molecular flexibility index (Phi) is 10.3. The van der Waals surface area contributed by atoms with Crippen molar-refractivity contribution in [2.75, 3.05) is 54.3 Å². The summed E-state index contributed by atoms with van der Waals surface area (Å²) in [7, 11) is 5.16. The maximum atomic E-state index is 13.2. The second kappa shape index (κ2) is 14.5. The molecule has 0 bridgehead atoms. The molecule has 2 aromatic heterocycles. The Bertz CT molecular complexity index is 1790. The van der Waals surface area contributed by atoms with Gasteiger partial charge in [-0.15, -0.1) is 0 Å². The van der Waals surface area contributed by atoms with E-state index in [-0.39, 0.29) is 46.7 Å². The van der Waals surface area contributed by atoms with Gasteiger partial charge in [-0.1, -0.05) is 47.5 Å². The highest BCUT2D eigenvalue weighted by Crippen LogP contribution is 2.53. The van der Waals surface area contributed by atoms with E-state index in [4.69, 9.17) is 9.72 Å². The highest BCUT2D eigenvalue weighted by atomic mass is 16.5. The quantitative estimate of drug-likeness (QED) is 0.234. The number of amides is 3. The minimum atomic E-state index is -0.265. The maximum absolute atomic E-state index is 13.2. The molecule has 3 amide bonds. The minimum absolute atomic E-state index is 0.0449. The number of ether oxygens (including phenoxy) is 1. The zero-order valence-corrected chi connectivity index (χ0v) is 31.6. The topological polar surface area (TPSA) is 158 Å². The van der Waals surface area contributed by atoms with Crippen LogP contribution < -0.4 is 35.4 Å². The predicted molar refractivity (Wildman–Crippen MR) is 202 cm³/mol. The Hall–Kier alpha value is -5.01. The molecule has 1 aromatic carbocycles. The lowest BCUT2D eigenvalue weighted by Gasteiger charge is -2.57. The van der Waals surface area contributed by atoms with Crippen molar-refractivity contribution in [3.63, 3.8) is 0 Å². The van der Waals surface area contributed by atoms with Crippen molar-refractivity contribution in [1.29, 1.82) is 0 Å². The fraction of sp³-hybridized carbons (Fsp3) is 0.553. The lowest BCUT2D eigenvalue weighted by Crippen LogP contribution is -2.63. The molecule has 0 spiro atoms. The Morgan fingerprint density at radius 2 is 1.69 bits per heavy atom. The van der Waals surface area contributed by atoms with Gasteiger partial charge in [0, 0.05) is 57.2 Å². The summed E-state index contributed by atoms with van der Waals surface area (Å²) in [5.41, 5.74) is 2.23. The third kappa shape index (κ3) is 7.20. The number of benzene rings is 1. The molecule has 2 aliphatic carbocycles. The number of fused-ring (bicyclic) bond motifs is 1. The van der Waals surface area contributed by atoms with Gasteiger partial charge < -0.3 is 35.4 Å². The molecule has 1 unspecified atom stereocenters. The average Bonchev–Trinajstić information content (AvgIpc) is 3.66. The monoisotopic (exact) mass is 712 g/mol. The number of nitrogens with zero attached hydrogens (tertiary/aromatic N) is 7. The van der Waals surface area contributed by atoms with Gasteiger partial charge in [0.1, 0.15) is 17.5 Å². The van der Waals surface area contributed by atoms with Crippen LogP contribution in [-0.4, -0.2) is 90.1 Å². The van der Waals surface area contributed by atoms with Crippen LogP contribution in [0.3, 0.4) is 0 Å². The van der Waals surface area contributed by atoms with Gasteiger partial charge in [-0.05, 0) is 54.7 Å². The van der Waals surface area contributed by atoms with E-state index >= 15 is 0 Å². The van der Waals surface area contributed by atoms with E-state index in [1.165, 1.54) is 12.4 Å². The fourth-order valence-electron chi connectivity index (χ4n) is 8.58. The molecule has 3 aromatic rings. The molecule has 0 radical (unpaired) electrons. The van der Waals surface area contributed by atoms with Crippen LogP contribution in [-0.2, 0) is 4.79 Å². The summed E-state index contributed by atoms with van der Waals surface area (Å²) in [5.74, 6) is 1.66. The van der Waals surface area contributed by atoms with Crippen LogP contribution in [0.25, 0.3) is 0 Å². The lowest BCUT2D eigenvalue weighted by atomic mass is 9.52. The molecule has 0 saturated heterocycles. The Morgan fingerprint density at radius 3 is 2.33 bits per heavy atom. The molecule has 52 heavy (non-hydrogen) atoms. The molecule has 278 valence electrons. The Labute approximate surface area is 306 Å². The van der Waals surface area contributed by atoms with Gasteiger partial charge in [0.05, 0.1) is 24.6 Å². The van der Waals surface area contributed by atoms with E-state index < -0.39 is 0 Å². The van der Waals surface area contributed by atoms with E-state index in [0.29, 0.717) is 59.7 Å². The number of rotatable bonds is 12. The van der Waals surface area contributed by atoms with E-state index in [1.54, 1.807) is 43.5 Å². The number of carbonyl (C=O) groups excluding carboxylic acids is 3. The Morgan fingerprint density at radius 1 is 1.00 bits per heavy atom. The van der Waals surface area contributed by atoms with Gasteiger partial charge in [0.15, 0.2) is 5.82 Å². The second-order valence-corrected chi connectivity index (χ2v) is 15.6. The molecule has 3 N–H and O–H groups in total. The van der Waals surface area contributed by atoms with Crippen molar-refractivity contribution >= 4 is 46.8 Å². The van der Waals surface area contributed by atoms with Crippen LogP contribution in [0.2, 0.25) is 0 Å². The smallest absolute Gasteiger partial charge is 0.254 e.